The van der Waals surface area contributed by atoms with Crippen LogP contribution < -0.4 is 15.2 Å². The van der Waals surface area contributed by atoms with Crippen LogP contribution in [0.4, 0.5) is 4.39 Å². The zero-order valence-electron chi connectivity index (χ0n) is 22.2. The van der Waals surface area contributed by atoms with Crippen molar-refractivity contribution < 1.29 is 13.9 Å². The van der Waals surface area contributed by atoms with Gasteiger partial charge in [-0.2, -0.15) is 0 Å². The van der Waals surface area contributed by atoms with Crippen molar-refractivity contribution in [3.8, 4) is 22.8 Å². The van der Waals surface area contributed by atoms with E-state index in [4.69, 9.17) is 9.47 Å². The van der Waals surface area contributed by atoms with E-state index in [9.17, 15) is 4.79 Å². The van der Waals surface area contributed by atoms with Crippen molar-refractivity contribution in [2.45, 2.75) is 45.6 Å². The van der Waals surface area contributed by atoms with Gasteiger partial charge in [0.2, 0.25) is 5.88 Å². The molecule has 0 aliphatic carbocycles. The smallest absolute Gasteiger partial charge is 0.329 e. The predicted octanol–water partition coefficient (Wildman–Crippen LogP) is 4.93. The molecule has 1 atom stereocenters. The molecule has 0 amide bonds. The van der Waals surface area contributed by atoms with Crippen LogP contribution >= 0.6 is 0 Å². The molecule has 5 heterocycles. The van der Waals surface area contributed by atoms with Gasteiger partial charge in [-0.25, -0.2) is 14.2 Å². The van der Waals surface area contributed by atoms with E-state index >= 15 is 4.39 Å². The van der Waals surface area contributed by atoms with Crippen LogP contribution in [0.1, 0.15) is 45.6 Å². The van der Waals surface area contributed by atoms with Crippen LogP contribution in [0.3, 0.4) is 0 Å². The highest BCUT2D eigenvalue weighted by atomic mass is 19.1. The lowest BCUT2D eigenvalue weighted by Gasteiger charge is -2.26. The van der Waals surface area contributed by atoms with Crippen molar-refractivity contribution in [3.63, 3.8) is 0 Å². The Labute approximate surface area is 221 Å². The summed E-state index contributed by atoms with van der Waals surface area (Å²) in [4.78, 5) is 24.7. The van der Waals surface area contributed by atoms with Crippen molar-refractivity contribution in [2.24, 2.45) is 13.0 Å². The van der Waals surface area contributed by atoms with E-state index in [1.807, 2.05) is 6.07 Å². The number of piperidine rings is 1. The summed E-state index contributed by atoms with van der Waals surface area (Å²) in [6, 6.07) is 4.81. The second kappa shape index (κ2) is 10.0. The Hall–Kier alpha value is -3.46. The summed E-state index contributed by atoms with van der Waals surface area (Å²) in [5.41, 5.74) is 2.67. The average molecular weight is 520 g/mol. The maximum atomic E-state index is 15.6. The highest BCUT2D eigenvalue weighted by Crippen LogP contribution is 2.44. The lowest BCUT2D eigenvalue weighted by molar-refractivity contribution is 0.203. The SMILES string of the molecule is CC(C)[C@H]1COc2c(-c3ccc(OCCCN4CCCCC4)nc3)c(F)cc3ncc4c(c23)n1c(=O)n4C. The van der Waals surface area contributed by atoms with Gasteiger partial charge in [0.1, 0.15) is 18.2 Å². The van der Waals surface area contributed by atoms with Gasteiger partial charge in [-0.05, 0) is 44.3 Å². The Morgan fingerprint density at radius 2 is 1.97 bits per heavy atom. The van der Waals surface area contributed by atoms with E-state index in [0.717, 1.165) is 18.5 Å². The molecular weight excluding hydrogens is 485 g/mol. The van der Waals surface area contributed by atoms with Crippen LogP contribution in [0.2, 0.25) is 0 Å². The van der Waals surface area contributed by atoms with Gasteiger partial charge in [-0.1, -0.05) is 20.3 Å². The number of aromatic nitrogens is 4. The number of nitrogens with zero attached hydrogens (tertiary/aromatic N) is 5. The Balaban J connectivity index is 1.34. The molecule has 9 heteroatoms. The minimum Gasteiger partial charge on any atom is -0.490 e. The van der Waals surface area contributed by atoms with Crippen LogP contribution in [-0.2, 0) is 7.05 Å². The van der Waals surface area contributed by atoms with E-state index in [0.29, 0.717) is 45.8 Å². The lowest BCUT2D eigenvalue weighted by atomic mass is 10.0. The van der Waals surface area contributed by atoms with Crippen LogP contribution in [0.5, 0.6) is 11.6 Å². The molecule has 6 rings (SSSR count). The fraction of sp³-hybridized carbons (Fsp3) is 0.483. The fourth-order valence-corrected chi connectivity index (χ4v) is 5.83. The maximum Gasteiger partial charge on any atom is 0.329 e. The number of pyridine rings is 2. The second-order valence-electron chi connectivity index (χ2n) is 10.8. The van der Waals surface area contributed by atoms with Gasteiger partial charge < -0.3 is 14.4 Å². The van der Waals surface area contributed by atoms with Gasteiger partial charge in [0.25, 0.3) is 0 Å². The van der Waals surface area contributed by atoms with Crippen molar-refractivity contribution >= 4 is 21.9 Å². The number of ether oxygens (including phenoxy) is 2. The summed E-state index contributed by atoms with van der Waals surface area (Å²) in [6.07, 6.45) is 8.10. The summed E-state index contributed by atoms with van der Waals surface area (Å²) in [6.45, 7) is 8.34. The van der Waals surface area contributed by atoms with Crippen molar-refractivity contribution in [2.75, 3.05) is 32.8 Å². The third kappa shape index (κ3) is 4.22. The first-order chi connectivity index (χ1) is 18.4. The zero-order valence-corrected chi connectivity index (χ0v) is 22.2. The number of likely N-dealkylation sites (tertiary alicyclic amines) is 1. The zero-order chi connectivity index (χ0) is 26.4. The molecule has 0 spiro atoms. The first kappa shape index (κ1) is 24.9. The van der Waals surface area contributed by atoms with E-state index in [-0.39, 0.29) is 24.3 Å². The number of halogens is 1. The number of imidazole rings is 1. The molecule has 38 heavy (non-hydrogen) atoms. The van der Waals surface area contributed by atoms with Crippen molar-refractivity contribution in [1.29, 1.82) is 0 Å². The van der Waals surface area contributed by atoms with Gasteiger partial charge >= 0.3 is 5.69 Å². The summed E-state index contributed by atoms with van der Waals surface area (Å²) in [7, 11) is 1.74. The normalized spacial score (nSPS) is 17.9. The van der Waals surface area contributed by atoms with Gasteiger partial charge in [-0.3, -0.25) is 14.1 Å². The fourth-order valence-electron chi connectivity index (χ4n) is 5.83. The van der Waals surface area contributed by atoms with Crippen LogP contribution in [0.25, 0.3) is 33.1 Å². The van der Waals surface area contributed by atoms with Crippen LogP contribution in [-0.4, -0.2) is 56.9 Å². The first-order valence-electron chi connectivity index (χ1n) is 13.6. The topological polar surface area (TPSA) is 74.4 Å². The van der Waals surface area contributed by atoms with Gasteiger partial charge in [0.15, 0.2) is 0 Å². The summed E-state index contributed by atoms with van der Waals surface area (Å²) in [5, 5.41) is 0.651. The number of aryl methyl sites for hydroxylation is 1. The summed E-state index contributed by atoms with van der Waals surface area (Å²) < 4.78 is 31.2. The standard InChI is InChI=1S/C29H34FN5O3/c1-18(2)23-17-38-28-25(19-8-9-24(32-15-19)37-13-7-12-34-10-5-4-6-11-34)20(30)14-21-26(28)27-22(16-31-21)33(3)29(36)35(23)27/h8-9,14-16,18,23H,4-7,10-13,17H2,1-3H3/t23-/m1/s1. The van der Waals surface area contributed by atoms with E-state index in [1.165, 1.54) is 38.4 Å². The number of benzene rings is 1. The highest BCUT2D eigenvalue weighted by Gasteiger charge is 2.31. The monoisotopic (exact) mass is 519 g/mol. The van der Waals surface area contributed by atoms with Crippen molar-refractivity contribution in [1.82, 2.24) is 24.0 Å². The molecule has 4 aromatic rings. The number of rotatable bonds is 7. The summed E-state index contributed by atoms with van der Waals surface area (Å²) >= 11 is 0. The molecule has 0 N–H and O–H groups in total. The molecular formula is C29H34FN5O3. The first-order valence-corrected chi connectivity index (χ1v) is 13.6. The van der Waals surface area contributed by atoms with E-state index in [1.54, 1.807) is 34.6 Å². The van der Waals surface area contributed by atoms with Crippen LogP contribution in [0, 0.1) is 11.7 Å². The number of hydrogen-bond donors (Lipinski definition) is 0. The van der Waals surface area contributed by atoms with Crippen LogP contribution in [0.15, 0.2) is 35.4 Å². The average Bonchev–Trinajstić information content (AvgIpc) is 3.06. The predicted molar refractivity (Wildman–Crippen MR) is 145 cm³/mol. The third-order valence-corrected chi connectivity index (χ3v) is 7.96. The minimum absolute atomic E-state index is 0.126. The minimum atomic E-state index is -0.441. The van der Waals surface area contributed by atoms with E-state index < -0.39 is 5.82 Å². The highest BCUT2D eigenvalue weighted by molar-refractivity contribution is 6.09. The molecule has 1 aromatic carbocycles. The lowest BCUT2D eigenvalue weighted by Crippen LogP contribution is -2.31. The summed E-state index contributed by atoms with van der Waals surface area (Å²) in [5.74, 6) is 0.611. The van der Waals surface area contributed by atoms with Gasteiger partial charge in [-0.15, -0.1) is 0 Å². The maximum absolute atomic E-state index is 15.6. The third-order valence-electron chi connectivity index (χ3n) is 7.96. The second-order valence-corrected chi connectivity index (χ2v) is 10.8. The quantitative estimate of drug-likeness (QED) is 0.322. The Bertz CT molecular complexity index is 1540. The Kier molecular flexibility index (Phi) is 6.55. The molecule has 0 unspecified atom stereocenters. The molecule has 200 valence electrons. The largest absolute Gasteiger partial charge is 0.490 e. The van der Waals surface area contributed by atoms with E-state index in [2.05, 4.69) is 28.7 Å². The van der Waals surface area contributed by atoms with Gasteiger partial charge in [0, 0.05) is 37.5 Å². The molecule has 1 saturated heterocycles. The molecule has 3 aromatic heterocycles. The van der Waals surface area contributed by atoms with Crippen molar-refractivity contribution in [3.05, 3.63) is 46.9 Å². The molecule has 8 nitrogen and oxygen atoms in total. The molecule has 0 bridgehead atoms. The molecule has 2 aliphatic heterocycles. The Morgan fingerprint density at radius 3 is 2.71 bits per heavy atom. The molecule has 1 fully saturated rings. The molecule has 0 radical (unpaired) electrons. The van der Waals surface area contributed by atoms with Gasteiger partial charge in [0.05, 0.1) is 46.3 Å². The molecule has 2 aliphatic rings. The Morgan fingerprint density at radius 1 is 1.16 bits per heavy atom. The molecule has 0 saturated carbocycles. The number of hydrogen-bond acceptors (Lipinski definition) is 6.